The van der Waals surface area contributed by atoms with Crippen molar-refractivity contribution in [1.82, 2.24) is 19.6 Å². The number of nitrogens with zero attached hydrogens (tertiary/aromatic N) is 4. The fraction of sp³-hybridized carbons (Fsp3) is 0.487. The van der Waals surface area contributed by atoms with Gasteiger partial charge in [-0.3, -0.25) is 33.9 Å². The van der Waals surface area contributed by atoms with Crippen LogP contribution in [0.4, 0.5) is 0 Å². The number of aliphatic carboxylic acids is 2. The van der Waals surface area contributed by atoms with E-state index in [4.69, 9.17) is 10.5 Å². The number of Topliss-reactive ketones (excluding diaryl/α,β-unsaturated/α-hetero) is 2. The van der Waals surface area contributed by atoms with Crippen molar-refractivity contribution >= 4 is 34.3 Å². The van der Waals surface area contributed by atoms with Crippen LogP contribution < -0.4 is 5.73 Å². The van der Waals surface area contributed by atoms with E-state index in [1.807, 2.05) is 82.3 Å². The second-order valence-electron chi connectivity index (χ2n) is 13.4. The van der Waals surface area contributed by atoms with Crippen LogP contribution in [0, 0.1) is 0 Å². The Morgan fingerprint density at radius 2 is 1.20 bits per heavy atom. The van der Waals surface area contributed by atoms with Gasteiger partial charge in [0.25, 0.3) is 0 Å². The van der Waals surface area contributed by atoms with Crippen molar-refractivity contribution in [3.8, 4) is 0 Å². The average Bonchev–Trinajstić information content (AvgIpc) is 3.10. The van der Waals surface area contributed by atoms with Gasteiger partial charge in [-0.05, 0) is 46.8 Å². The first-order valence-corrected chi connectivity index (χ1v) is 17.8. The Hall–Kier alpha value is -4.04. The molecule has 0 spiro atoms. The number of nitrogens with two attached hydrogens (primary N) is 1. The molecule has 4 rings (SSSR count). The van der Waals surface area contributed by atoms with Gasteiger partial charge in [0.15, 0.2) is 5.78 Å². The molecule has 4 N–H and O–H groups in total. The summed E-state index contributed by atoms with van der Waals surface area (Å²) in [6.45, 7) is 7.69. The first kappa shape index (κ1) is 39.7. The molecular weight excluding hydrogens is 650 g/mol. The molecule has 1 aliphatic heterocycles. The summed E-state index contributed by atoms with van der Waals surface area (Å²) in [4.78, 5) is 56.8. The van der Waals surface area contributed by atoms with Crippen LogP contribution in [-0.2, 0) is 43.4 Å². The number of hydrogen-bond donors (Lipinski definition) is 3. The number of likely N-dealkylation sites (N-methyl/N-ethyl adjacent to an activating group) is 1. The molecule has 1 atom stereocenters. The number of hydrogen-bond acceptors (Lipinski definition) is 10. The summed E-state index contributed by atoms with van der Waals surface area (Å²) >= 11 is 0. The van der Waals surface area contributed by atoms with E-state index in [2.05, 4.69) is 11.0 Å². The standard InChI is InChI=1S/C39H53N5O7/c1-2-41-15-17-43(26-38(47)48)21-19-42(20-22-44(18-16-41)27-39(49)50)25-35(45)14-12-30-7-9-31(10-8-30)28-51-29-37(46)36(40)24-32-11-13-33-5-3-4-6-34(33)23-32/h3-11,13,23,36H,2,12,14-22,24-29,40H2,1H3,(H,47,48)(H,49,50)/t36-/m1/s1. The second-order valence-corrected chi connectivity index (χ2v) is 13.4. The van der Waals surface area contributed by atoms with Gasteiger partial charge in [0, 0.05) is 58.8 Å². The first-order chi connectivity index (χ1) is 24.6. The SMILES string of the molecule is CCN1CCN(CC(=O)O)CCN(CC(=O)CCc2ccc(COCC(=O)[C@H](N)Cc3ccc4ccccc4c3)cc2)CCN(CC(=O)O)CC1. The number of benzene rings is 3. The summed E-state index contributed by atoms with van der Waals surface area (Å²) in [6, 6.07) is 21.3. The zero-order valence-electron chi connectivity index (χ0n) is 29.8. The number of carboxylic acids is 2. The number of fused-ring (bicyclic) bond motifs is 1. The van der Waals surface area contributed by atoms with Gasteiger partial charge >= 0.3 is 11.9 Å². The molecule has 12 nitrogen and oxygen atoms in total. The summed E-state index contributed by atoms with van der Waals surface area (Å²) in [7, 11) is 0. The highest BCUT2D eigenvalue weighted by atomic mass is 16.5. The summed E-state index contributed by atoms with van der Waals surface area (Å²) in [5.41, 5.74) is 9.13. The lowest BCUT2D eigenvalue weighted by atomic mass is 10.0. The van der Waals surface area contributed by atoms with E-state index >= 15 is 0 Å². The molecule has 1 heterocycles. The second kappa shape index (κ2) is 20.7. The van der Waals surface area contributed by atoms with Gasteiger partial charge in [0.2, 0.25) is 0 Å². The van der Waals surface area contributed by atoms with E-state index in [0.717, 1.165) is 34.0 Å². The summed E-state index contributed by atoms with van der Waals surface area (Å²) in [5, 5.41) is 21.2. The minimum absolute atomic E-state index is 0.0680. The highest BCUT2D eigenvalue weighted by molar-refractivity contribution is 5.86. The predicted octanol–water partition coefficient (Wildman–Crippen LogP) is 2.41. The molecule has 3 aromatic rings. The van der Waals surface area contributed by atoms with Crippen LogP contribution in [0.5, 0.6) is 0 Å². The Kier molecular flexibility index (Phi) is 16.1. The molecule has 0 radical (unpaired) electrons. The maximum Gasteiger partial charge on any atom is 0.317 e. The highest BCUT2D eigenvalue weighted by Gasteiger charge is 2.20. The Morgan fingerprint density at radius 3 is 1.76 bits per heavy atom. The molecule has 0 unspecified atom stereocenters. The number of carbonyl (C=O) groups is 4. The van der Waals surface area contributed by atoms with Gasteiger partial charge in [-0.2, -0.15) is 0 Å². The van der Waals surface area contributed by atoms with E-state index in [1.54, 1.807) is 0 Å². The molecule has 1 fully saturated rings. The number of carbonyl (C=O) groups excluding carboxylic acids is 2. The van der Waals surface area contributed by atoms with E-state index in [9.17, 15) is 29.4 Å². The first-order valence-electron chi connectivity index (χ1n) is 17.8. The molecule has 0 bridgehead atoms. The van der Waals surface area contributed by atoms with E-state index in [0.29, 0.717) is 71.6 Å². The molecule has 0 aromatic heterocycles. The van der Waals surface area contributed by atoms with Gasteiger partial charge in [0.1, 0.15) is 12.4 Å². The number of ether oxygens (including phenoxy) is 1. The molecule has 0 aliphatic carbocycles. The predicted molar refractivity (Wildman–Crippen MR) is 197 cm³/mol. The monoisotopic (exact) mass is 703 g/mol. The quantitative estimate of drug-likeness (QED) is 0.189. The lowest BCUT2D eigenvalue weighted by Gasteiger charge is -2.33. The lowest BCUT2D eigenvalue weighted by molar-refractivity contribution is -0.139. The average molecular weight is 704 g/mol. The fourth-order valence-corrected chi connectivity index (χ4v) is 6.28. The zero-order chi connectivity index (χ0) is 36.6. The molecular formula is C39H53N5O7. The third kappa shape index (κ3) is 14.2. The molecule has 276 valence electrons. The van der Waals surface area contributed by atoms with Crippen molar-refractivity contribution in [2.24, 2.45) is 5.73 Å². The smallest absolute Gasteiger partial charge is 0.317 e. The summed E-state index contributed by atoms with van der Waals surface area (Å²) in [5.74, 6) is -1.85. The Labute approximate surface area is 300 Å². The topological polar surface area (TPSA) is 157 Å². The highest BCUT2D eigenvalue weighted by Crippen LogP contribution is 2.17. The van der Waals surface area contributed by atoms with Crippen molar-refractivity contribution in [2.45, 2.75) is 38.8 Å². The molecule has 1 aliphatic rings. The maximum absolute atomic E-state index is 13.1. The van der Waals surface area contributed by atoms with Crippen molar-refractivity contribution < 1.29 is 34.1 Å². The third-order valence-corrected chi connectivity index (χ3v) is 9.41. The third-order valence-electron chi connectivity index (χ3n) is 9.41. The van der Waals surface area contributed by atoms with Crippen LogP contribution in [-0.4, -0.2) is 145 Å². The normalized spacial score (nSPS) is 16.7. The van der Waals surface area contributed by atoms with Gasteiger partial charge in [0.05, 0.1) is 32.3 Å². The van der Waals surface area contributed by atoms with E-state index in [1.165, 1.54) is 0 Å². The van der Waals surface area contributed by atoms with Crippen molar-refractivity contribution in [1.29, 1.82) is 0 Å². The summed E-state index contributed by atoms with van der Waals surface area (Å²) < 4.78 is 5.69. The number of ketones is 2. The molecule has 0 saturated carbocycles. The molecule has 1 saturated heterocycles. The van der Waals surface area contributed by atoms with Gasteiger partial charge in [-0.15, -0.1) is 0 Å². The largest absolute Gasteiger partial charge is 0.480 e. The van der Waals surface area contributed by atoms with Gasteiger partial charge < -0.3 is 25.6 Å². The molecule has 51 heavy (non-hydrogen) atoms. The van der Waals surface area contributed by atoms with Gasteiger partial charge in [-0.1, -0.05) is 73.7 Å². The number of aryl methyl sites for hydroxylation is 1. The fourth-order valence-electron chi connectivity index (χ4n) is 6.28. The molecule has 12 heteroatoms. The molecule has 0 amide bonds. The van der Waals surface area contributed by atoms with Gasteiger partial charge in [-0.25, -0.2) is 0 Å². The molecule has 3 aromatic carbocycles. The Morgan fingerprint density at radius 1 is 0.686 bits per heavy atom. The number of rotatable bonds is 17. The minimum atomic E-state index is -0.886. The van der Waals surface area contributed by atoms with Crippen molar-refractivity contribution in [3.63, 3.8) is 0 Å². The number of carboxylic acid groups (broad SMARTS) is 2. The Bertz CT molecular complexity index is 1550. The van der Waals surface area contributed by atoms with Crippen LogP contribution in [0.15, 0.2) is 66.7 Å². The van der Waals surface area contributed by atoms with E-state index in [-0.39, 0.29) is 44.4 Å². The van der Waals surface area contributed by atoms with E-state index < -0.39 is 18.0 Å². The zero-order valence-corrected chi connectivity index (χ0v) is 29.8. The van der Waals surface area contributed by atoms with Crippen LogP contribution in [0.1, 0.15) is 30.0 Å². The van der Waals surface area contributed by atoms with Crippen LogP contribution in [0.25, 0.3) is 10.8 Å². The van der Waals surface area contributed by atoms with Crippen molar-refractivity contribution in [2.75, 3.05) is 85.1 Å². The minimum Gasteiger partial charge on any atom is -0.480 e. The lowest BCUT2D eigenvalue weighted by Crippen LogP contribution is -2.48. The maximum atomic E-state index is 13.1. The van der Waals surface area contributed by atoms with Crippen molar-refractivity contribution in [3.05, 3.63) is 83.4 Å². The van der Waals surface area contributed by atoms with Crippen LogP contribution in [0.3, 0.4) is 0 Å². The van der Waals surface area contributed by atoms with Crippen LogP contribution in [0.2, 0.25) is 0 Å². The van der Waals surface area contributed by atoms with Crippen LogP contribution >= 0.6 is 0 Å². The summed E-state index contributed by atoms with van der Waals surface area (Å²) in [6.07, 6.45) is 1.36. The Balaban J connectivity index is 1.22.